The van der Waals surface area contributed by atoms with E-state index < -0.39 is 11.7 Å². The summed E-state index contributed by atoms with van der Waals surface area (Å²) in [5.41, 5.74) is -0.222. The first kappa shape index (κ1) is 12.9. The highest BCUT2D eigenvalue weighted by molar-refractivity contribution is 9.10. The normalized spacial score (nSPS) is 11.6. The second kappa shape index (κ2) is 4.64. The lowest BCUT2D eigenvalue weighted by Gasteiger charge is -2.13. The summed E-state index contributed by atoms with van der Waals surface area (Å²) >= 11 is 3.15. The third kappa shape index (κ3) is 2.84. The molecular weight excluding hydrogens is 311 g/mol. The van der Waals surface area contributed by atoms with Crippen molar-refractivity contribution >= 4 is 27.3 Å². The van der Waals surface area contributed by atoms with Gasteiger partial charge in [0.15, 0.2) is 0 Å². The van der Waals surface area contributed by atoms with Gasteiger partial charge in [0.1, 0.15) is 0 Å². The van der Waals surface area contributed by atoms with E-state index in [1.807, 2.05) is 0 Å². The molecule has 2 aromatic rings. The van der Waals surface area contributed by atoms with Crippen molar-refractivity contribution in [1.29, 1.82) is 0 Å². The van der Waals surface area contributed by atoms with Gasteiger partial charge in [-0.15, -0.1) is 0 Å². The Hall–Kier alpha value is -1.50. The Balaban J connectivity index is 2.39. The van der Waals surface area contributed by atoms with Crippen molar-refractivity contribution in [3.8, 4) is 0 Å². The molecule has 7 heteroatoms. The van der Waals surface area contributed by atoms with Gasteiger partial charge in [-0.3, -0.25) is 4.68 Å². The Bertz CT molecular complexity index is 563. The van der Waals surface area contributed by atoms with E-state index in [0.717, 1.165) is 6.07 Å². The Labute approximate surface area is 110 Å². The summed E-state index contributed by atoms with van der Waals surface area (Å²) in [5.74, 6) is 0. The molecule has 0 saturated heterocycles. The quantitative estimate of drug-likeness (QED) is 0.908. The number of alkyl halides is 3. The van der Waals surface area contributed by atoms with Crippen LogP contribution in [0.2, 0.25) is 0 Å². The third-order valence-corrected chi connectivity index (χ3v) is 2.76. The first-order valence-electron chi connectivity index (χ1n) is 4.98. The van der Waals surface area contributed by atoms with E-state index in [-0.39, 0.29) is 5.69 Å². The third-order valence-electron chi connectivity index (χ3n) is 2.27. The number of nitrogens with one attached hydrogen (secondary N) is 1. The molecule has 0 aliphatic rings. The molecule has 0 spiro atoms. The zero-order valence-electron chi connectivity index (χ0n) is 9.29. The lowest BCUT2D eigenvalue weighted by Crippen LogP contribution is -2.08. The number of benzene rings is 1. The van der Waals surface area contributed by atoms with Gasteiger partial charge in [-0.1, -0.05) is 15.9 Å². The van der Waals surface area contributed by atoms with Crippen LogP contribution in [0.4, 0.5) is 24.5 Å². The Kier molecular flexibility index (Phi) is 3.34. The number of anilines is 2. The molecule has 18 heavy (non-hydrogen) atoms. The molecule has 0 saturated carbocycles. The molecule has 1 heterocycles. The number of hydrogen-bond donors (Lipinski definition) is 1. The van der Waals surface area contributed by atoms with Crippen LogP contribution in [0.15, 0.2) is 35.1 Å². The Morgan fingerprint density at radius 1 is 1.33 bits per heavy atom. The zero-order valence-corrected chi connectivity index (χ0v) is 10.9. The topological polar surface area (TPSA) is 29.9 Å². The average molecular weight is 320 g/mol. The van der Waals surface area contributed by atoms with Crippen LogP contribution >= 0.6 is 15.9 Å². The van der Waals surface area contributed by atoms with E-state index in [2.05, 4.69) is 26.3 Å². The van der Waals surface area contributed by atoms with Crippen LogP contribution in [-0.4, -0.2) is 9.78 Å². The Morgan fingerprint density at radius 3 is 2.61 bits per heavy atom. The maximum absolute atomic E-state index is 12.8. The van der Waals surface area contributed by atoms with Crippen molar-refractivity contribution in [2.45, 2.75) is 6.18 Å². The van der Waals surface area contributed by atoms with Gasteiger partial charge in [0, 0.05) is 17.7 Å². The first-order chi connectivity index (χ1) is 8.36. The fraction of sp³-hybridized carbons (Fsp3) is 0.182. The summed E-state index contributed by atoms with van der Waals surface area (Å²) in [6.45, 7) is 0. The molecule has 1 N–H and O–H groups in total. The smallest absolute Gasteiger partial charge is 0.352 e. The predicted molar refractivity (Wildman–Crippen MR) is 65.6 cm³/mol. The lowest BCUT2D eigenvalue weighted by atomic mass is 10.1. The number of rotatable bonds is 2. The first-order valence-corrected chi connectivity index (χ1v) is 5.78. The molecule has 1 aromatic carbocycles. The number of hydrogen-bond acceptors (Lipinski definition) is 2. The van der Waals surface area contributed by atoms with Crippen molar-refractivity contribution in [3.63, 3.8) is 0 Å². The van der Waals surface area contributed by atoms with Crippen molar-refractivity contribution in [2.75, 3.05) is 5.32 Å². The van der Waals surface area contributed by atoms with Crippen LogP contribution in [0.3, 0.4) is 0 Å². The van der Waals surface area contributed by atoms with E-state index >= 15 is 0 Å². The summed E-state index contributed by atoms with van der Waals surface area (Å²) in [6.07, 6.45) is -1.34. The van der Waals surface area contributed by atoms with Gasteiger partial charge in [-0.05, 0) is 18.2 Å². The van der Waals surface area contributed by atoms with Crippen LogP contribution in [0.1, 0.15) is 5.56 Å². The number of halogens is 4. The summed E-state index contributed by atoms with van der Waals surface area (Å²) in [6, 6.07) is 3.77. The maximum atomic E-state index is 12.8. The number of aryl methyl sites for hydroxylation is 1. The van der Waals surface area contributed by atoms with Crippen LogP contribution < -0.4 is 5.32 Å². The van der Waals surface area contributed by atoms with Gasteiger partial charge in [-0.25, -0.2) is 0 Å². The van der Waals surface area contributed by atoms with E-state index in [4.69, 9.17) is 0 Å². The highest BCUT2D eigenvalue weighted by Gasteiger charge is 2.33. The maximum Gasteiger partial charge on any atom is 0.418 e. The molecule has 0 bridgehead atoms. The molecule has 3 nitrogen and oxygen atoms in total. The molecular formula is C11H9BrF3N3. The van der Waals surface area contributed by atoms with Gasteiger partial charge < -0.3 is 5.32 Å². The predicted octanol–water partition coefficient (Wildman–Crippen LogP) is 3.95. The van der Waals surface area contributed by atoms with Crippen molar-refractivity contribution in [1.82, 2.24) is 9.78 Å². The monoisotopic (exact) mass is 319 g/mol. The van der Waals surface area contributed by atoms with Gasteiger partial charge in [-0.2, -0.15) is 18.3 Å². The molecule has 0 aliphatic heterocycles. The van der Waals surface area contributed by atoms with Crippen LogP contribution in [0.25, 0.3) is 0 Å². The molecule has 2 rings (SSSR count). The summed E-state index contributed by atoms with van der Waals surface area (Å²) in [7, 11) is 1.69. The zero-order chi connectivity index (χ0) is 13.3. The molecule has 0 atom stereocenters. The fourth-order valence-corrected chi connectivity index (χ4v) is 1.87. The largest absolute Gasteiger partial charge is 0.418 e. The minimum absolute atomic E-state index is 0.00937. The summed E-state index contributed by atoms with van der Waals surface area (Å²) in [5, 5.41) is 6.60. The molecule has 0 unspecified atom stereocenters. The SMILES string of the molecule is Cn1cc(Nc2cc(Br)ccc2C(F)(F)F)cn1. The second-order valence-electron chi connectivity index (χ2n) is 3.72. The molecule has 0 aliphatic carbocycles. The number of aromatic nitrogens is 2. The lowest BCUT2D eigenvalue weighted by molar-refractivity contribution is -0.136. The van der Waals surface area contributed by atoms with Crippen LogP contribution in [0.5, 0.6) is 0 Å². The van der Waals surface area contributed by atoms with Crippen molar-refractivity contribution in [2.24, 2.45) is 7.05 Å². The van der Waals surface area contributed by atoms with Gasteiger partial charge in [0.05, 0.1) is 23.1 Å². The standard InChI is InChI=1S/C11H9BrF3N3/c1-18-6-8(5-16-18)17-10-4-7(12)2-3-9(10)11(13,14)15/h2-6,17H,1H3. The fourth-order valence-electron chi connectivity index (χ4n) is 1.51. The molecule has 96 valence electrons. The highest BCUT2D eigenvalue weighted by atomic mass is 79.9. The molecule has 1 aromatic heterocycles. The molecule has 0 fully saturated rings. The van der Waals surface area contributed by atoms with Crippen molar-refractivity contribution in [3.05, 3.63) is 40.6 Å². The van der Waals surface area contributed by atoms with E-state index in [0.29, 0.717) is 10.2 Å². The van der Waals surface area contributed by atoms with E-state index in [9.17, 15) is 13.2 Å². The second-order valence-corrected chi connectivity index (χ2v) is 4.63. The van der Waals surface area contributed by atoms with Gasteiger partial charge in [0.2, 0.25) is 0 Å². The molecule has 0 amide bonds. The summed E-state index contributed by atoms with van der Waals surface area (Å²) < 4.78 is 40.5. The van der Waals surface area contributed by atoms with E-state index in [1.165, 1.54) is 23.0 Å². The number of nitrogens with zero attached hydrogens (tertiary/aromatic N) is 2. The minimum atomic E-state index is -4.40. The van der Waals surface area contributed by atoms with Gasteiger partial charge >= 0.3 is 6.18 Å². The van der Waals surface area contributed by atoms with Crippen molar-refractivity contribution < 1.29 is 13.2 Å². The van der Waals surface area contributed by atoms with Gasteiger partial charge in [0.25, 0.3) is 0 Å². The molecule has 0 radical (unpaired) electrons. The average Bonchev–Trinajstić information content (AvgIpc) is 2.62. The van der Waals surface area contributed by atoms with Crippen LogP contribution in [0, 0.1) is 0 Å². The summed E-state index contributed by atoms with van der Waals surface area (Å²) in [4.78, 5) is 0. The van der Waals surface area contributed by atoms with Crippen LogP contribution in [-0.2, 0) is 13.2 Å². The Morgan fingerprint density at radius 2 is 2.06 bits per heavy atom. The minimum Gasteiger partial charge on any atom is -0.352 e. The highest BCUT2D eigenvalue weighted by Crippen LogP contribution is 2.37. The van der Waals surface area contributed by atoms with E-state index in [1.54, 1.807) is 13.2 Å².